The maximum Gasteiger partial charge on any atom is 0.276 e. The number of nitrogen functional groups attached to an aromatic ring is 1. The predicted octanol–water partition coefficient (Wildman–Crippen LogP) is 1.55. The molecule has 2 rings (SSSR count). The molecule has 7 nitrogen and oxygen atoms in total. The molecule has 1 aromatic heterocycles. The predicted molar refractivity (Wildman–Crippen MR) is 67.4 cm³/mol. The number of nitrogens with one attached hydrogen (secondary N) is 1. The standard InChI is InChI=1S/C11H16N4O3/c1-11(3-2-4-18-7-11)14-10-6-8(15(16)17)5-9(12)13-10/h5-6H,2-4,7H2,1H3,(H3,12,13,14). The Bertz CT molecular complexity index is 458. The van der Waals surface area contributed by atoms with Crippen LogP contribution in [-0.4, -0.2) is 28.7 Å². The van der Waals surface area contributed by atoms with Crippen molar-refractivity contribution >= 4 is 17.3 Å². The summed E-state index contributed by atoms with van der Waals surface area (Å²) in [6, 6.07) is 2.63. The van der Waals surface area contributed by atoms with E-state index in [1.165, 1.54) is 12.1 Å². The van der Waals surface area contributed by atoms with E-state index in [2.05, 4.69) is 10.3 Å². The molecule has 1 aromatic rings. The topological polar surface area (TPSA) is 103 Å². The first kappa shape index (κ1) is 12.6. The Hall–Kier alpha value is -1.89. The van der Waals surface area contributed by atoms with Gasteiger partial charge in [0, 0.05) is 6.61 Å². The third-order valence-corrected chi connectivity index (χ3v) is 2.91. The van der Waals surface area contributed by atoms with Gasteiger partial charge in [-0.25, -0.2) is 4.98 Å². The normalized spacial score (nSPS) is 23.6. The van der Waals surface area contributed by atoms with Crippen LogP contribution in [0.3, 0.4) is 0 Å². The molecule has 1 saturated heterocycles. The zero-order chi connectivity index (χ0) is 13.2. The van der Waals surface area contributed by atoms with Crippen LogP contribution in [0.4, 0.5) is 17.3 Å². The average molecular weight is 252 g/mol. The van der Waals surface area contributed by atoms with E-state index in [1.807, 2.05) is 6.92 Å². The van der Waals surface area contributed by atoms with Gasteiger partial charge in [-0.1, -0.05) is 0 Å². The van der Waals surface area contributed by atoms with Crippen molar-refractivity contribution in [3.05, 3.63) is 22.2 Å². The molecule has 18 heavy (non-hydrogen) atoms. The molecule has 0 bridgehead atoms. The van der Waals surface area contributed by atoms with Crippen molar-refractivity contribution in [1.82, 2.24) is 4.98 Å². The van der Waals surface area contributed by atoms with Gasteiger partial charge >= 0.3 is 0 Å². The minimum Gasteiger partial charge on any atom is -0.383 e. The number of ether oxygens (including phenoxy) is 1. The number of aromatic nitrogens is 1. The second-order valence-electron chi connectivity index (χ2n) is 4.73. The van der Waals surface area contributed by atoms with Crippen LogP contribution in [0.25, 0.3) is 0 Å². The van der Waals surface area contributed by atoms with Gasteiger partial charge in [0.25, 0.3) is 5.69 Å². The van der Waals surface area contributed by atoms with Crippen LogP contribution in [0.5, 0.6) is 0 Å². The number of nitro groups is 1. The summed E-state index contributed by atoms with van der Waals surface area (Å²) in [5, 5.41) is 13.9. The third kappa shape index (κ3) is 2.86. The zero-order valence-corrected chi connectivity index (χ0v) is 10.2. The molecule has 0 saturated carbocycles. The Labute approximate surface area is 104 Å². The number of pyridine rings is 1. The number of hydrogen-bond donors (Lipinski definition) is 2. The summed E-state index contributed by atoms with van der Waals surface area (Å²) in [5.74, 6) is 0.543. The summed E-state index contributed by atoms with van der Waals surface area (Å²) < 4.78 is 5.41. The highest BCUT2D eigenvalue weighted by Crippen LogP contribution is 2.26. The fourth-order valence-corrected chi connectivity index (χ4v) is 2.05. The first-order valence-corrected chi connectivity index (χ1v) is 5.76. The van der Waals surface area contributed by atoms with Crippen molar-refractivity contribution in [3.63, 3.8) is 0 Å². The Morgan fingerprint density at radius 1 is 1.61 bits per heavy atom. The number of hydrogen-bond acceptors (Lipinski definition) is 6. The smallest absolute Gasteiger partial charge is 0.276 e. The van der Waals surface area contributed by atoms with Gasteiger partial charge in [-0.05, 0) is 19.8 Å². The van der Waals surface area contributed by atoms with E-state index in [0.717, 1.165) is 19.4 Å². The van der Waals surface area contributed by atoms with Gasteiger partial charge in [0.15, 0.2) is 0 Å². The molecule has 1 aliphatic rings. The molecule has 1 unspecified atom stereocenters. The van der Waals surface area contributed by atoms with Crippen LogP contribution < -0.4 is 11.1 Å². The highest BCUT2D eigenvalue weighted by Gasteiger charge is 2.28. The molecule has 1 atom stereocenters. The van der Waals surface area contributed by atoms with Crippen LogP contribution in [0.2, 0.25) is 0 Å². The second kappa shape index (κ2) is 4.77. The van der Waals surface area contributed by atoms with Crippen LogP contribution in [-0.2, 0) is 4.74 Å². The molecule has 3 N–H and O–H groups in total. The summed E-state index contributed by atoms with van der Waals surface area (Å²) in [7, 11) is 0. The molecule has 98 valence electrons. The van der Waals surface area contributed by atoms with Crippen molar-refractivity contribution in [2.45, 2.75) is 25.3 Å². The molecular formula is C11H16N4O3. The highest BCUT2D eigenvalue weighted by molar-refractivity contribution is 5.53. The monoisotopic (exact) mass is 252 g/mol. The van der Waals surface area contributed by atoms with Crippen LogP contribution in [0.15, 0.2) is 12.1 Å². The molecule has 0 radical (unpaired) electrons. The highest BCUT2D eigenvalue weighted by atomic mass is 16.6. The summed E-state index contributed by atoms with van der Waals surface area (Å²) in [5.41, 5.74) is 5.24. The fourth-order valence-electron chi connectivity index (χ4n) is 2.05. The first-order chi connectivity index (χ1) is 8.48. The van der Waals surface area contributed by atoms with E-state index in [0.29, 0.717) is 12.4 Å². The zero-order valence-electron chi connectivity index (χ0n) is 10.2. The lowest BCUT2D eigenvalue weighted by Crippen LogP contribution is -2.43. The van der Waals surface area contributed by atoms with Gasteiger partial charge in [-0.3, -0.25) is 10.1 Å². The lowest BCUT2D eigenvalue weighted by molar-refractivity contribution is -0.384. The SMILES string of the molecule is CC1(Nc2cc([N+](=O)[O-])cc(N)n2)CCCOC1. The Morgan fingerprint density at radius 3 is 3.00 bits per heavy atom. The summed E-state index contributed by atoms with van der Waals surface area (Å²) in [6.07, 6.45) is 1.88. The molecule has 7 heteroatoms. The average Bonchev–Trinajstić information content (AvgIpc) is 2.28. The molecule has 0 spiro atoms. The largest absolute Gasteiger partial charge is 0.383 e. The van der Waals surface area contributed by atoms with Gasteiger partial charge < -0.3 is 15.8 Å². The third-order valence-electron chi connectivity index (χ3n) is 2.91. The van der Waals surface area contributed by atoms with Crippen molar-refractivity contribution < 1.29 is 9.66 Å². The van der Waals surface area contributed by atoms with Crippen LogP contribution >= 0.6 is 0 Å². The Morgan fingerprint density at radius 2 is 2.39 bits per heavy atom. The number of nitrogens with two attached hydrogens (primary N) is 1. The Kier molecular flexibility index (Phi) is 3.33. The molecule has 2 heterocycles. The molecule has 1 fully saturated rings. The van der Waals surface area contributed by atoms with Crippen molar-refractivity contribution in [1.29, 1.82) is 0 Å². The lowest BCUT2D eigenvalue weighted by atomic mass is 9.95. The van der Waals surface area contributed by atoms with Gasteiger partial charge in [0.2, 0.25) is 0 Å². The number of nitrogens with zero attached hydrogens (tertiary/aromatic N) is 2. The number of rotatable bonds is 3. The van der Waals surface area contributed by atoms with E-state index in [9.17, 15) is 10.1 Å². The summed E-state index contributed by atoms with van der Waals surface area (Å²) in [6.45, 7) is 3.31. The van der Waals surface area contributed by atoms with Crippen LogP contribution in [0, 0.1) is 10.1 Å². The van der Waals surface area contributed by atoms with Crippen molar-refractivity contribution in [3.8, 4) is 0 Å². The quantitative estimate of drug-likeness (QED) is 0.625. The van der Waals surface area contributed by atoms with E-state index in [4.69, 9.17) is 10.5 Å². The van der Waals surface area contributed by atoms with Crippen molar-refractivity contribution in [2.24, 2.45) is 0 Å². The lowest BCUT2D eigenvalue weighted by Gasteiger charge is -2.34. The second-order valence-corrected chi connectivity index (χ2v) is 4.73. The van der Waals surface area contributed by atoms with E-state index in [1.54, 1.807) is 0 Å². The molecular weight excluding hydrogens is 236 g/mol. The minimum absolute atomic E-state index is 0.0645. The van der Waals surface area contributed by atoms with Crippen molar-refractivity contribution in [2.75, 3.05) is 24.3 Å². The number of anilines is 2. The molecule has 1 aliphatic heterocycles. The van der Waals surface area contributed by atoms with Gasteiger partial charge in [-0.2, -0.15) is 0 Å². The molecule has 0 amide bonds. The van der Waals surface area contributed by atoms with E-state index in [-0.39, 0.29) is 17.0 Å². The van der Waals surface area contributed by atoms with Gasteiger partial charge in [0.05, 0.1) is 29.2 Å². The van der Waals surface area contributed by atoms with E-state index >= 15 is 0 Å². The van der Waals surface area contributed by atoms with E-state index < -0.39 is 4.92 Å². The van der Waals surface area contributed by atoms with Gasteiger partial charge in [-0.15, -0.1) is 0 Å². The maximum absolute atomic E-state index is 10.7. The van der Waals surface area contributed by atoms with Gasteiger partial charge in [0.1, 0.15) is 11.6 Å². The Balaban J connectivity index is 2.20. The first-order valence-electron chi connectivity index (χ1n) is 5.76. The van der Waals surface area contributed by atoms with Crippen LogP contribution in [0.1, 0.15) is 19.8 Å². The summed E-state index contributed by atoms with van der Waals surface area (Å²) >= 11 is 0. The molecule has 0 aromatic carbocycles. The fraction of sp³-hybridized carbons (Fsp3) is 0.545. The summed E-state index contributed by atoms with van der Waals surface area (Å²) in [4.78, 5) is 14.3. The minimum atomic E-state index is -0.483. The maximum atomic E-state index is 10.7. The molecule has 0 aliphatic carbocycles.